The van der Waals surface area contributed by atoms with Crippen molar-refractivity contribution >= 4 is 47.1 Å². The summed E-state index contributed by atoms with van der Waals surface area (Å²) in [7, 11) is 0. The molecule has 0 saturated heterocycles. The van der Waals surface area contributed by atoms with Gasteiger partial charge < -0.3 is 5.84 Å². The van der Waals surface area contributed by atoms with Gasteiger partial charge in [-0.1, -0.05) is 76.9 Å². The van der Waals surface area contributed by atoms with Gasteiger partial charge >= 0.3 is 0 Å². The Morgan fingerprint density at radius 3 is 2.73 bits per heavy atom. The molecule has 0 unspecified atom stereocenters. The van der Waals surface area contributed by atoms with Gasteiger partial charge in [-0.05, 0) is 18.6 Å². The lowest BCUT2D eigenvalue weighted by molar-refractivity contribution is 0.847. The molecule has 26 heavy (non-hydrogen) atoms. The van der Waals surface area contributed by atoms with Crippen molar-refractivity contribution < 1.29 is 0 Å². The smallest absolute Gasteiger partial charge is 0.264 e. The minimum Gasteiger partial charge on any atom is -0.334 e. The van der Waals surface area contributed by atoms with Gasteiger partial charge in [0.05, 0.1) is 16.3 Å². The van der Waals surface area contributed by atoms with Gasteiger partial charge in [0.1, 0.15) is 0 Å². The first-order valence-corrected chi connectivity index (χ1v) is 9.40. The van der Waals surface area contributed by atoms with Gasteiger partial charge in [0.2, 0.25) is 5.16 Å². The molecule has 1 aromatic heterocycles. The first kappa shape index (κ1) is 18.6. The quantitative estimate of drug-likeness (QED) is 0.275. The van der Waals surface area contributed by atoms with Gasteiger partial charge in [-0.2, -0.15) is 5.10 Å². The number of thioether (sulfide) groups is 1. The average molecular weight is 407 g/mol. The first-order valence-electron chi connectivity index (χ1n) is 7.66. The number of benzene rings is 2. The normalized spacial score (nSPS) is 11.2. The number of nitrogens with two attached hydrogens (primary N) is 1. The molecule has 0 atom stereocenters. The van der Waals surface area contributed by atoms with E-state index in [1.54, 1.807) is 24.4 Å². The molecule has 0 aliphatic rings. The molecule has 0 aliphatic carbocycles. The molecule has 2 aromatic carbocycles. The molecule has 134 valence electrons. The van der Waals surface area contributed by atoms with E-state index in [1.165, 1.54) is 27.6 Å². The third-order valence-corrected chi connectivity index (χ3v) is 5.35. The molecule has 3 aromatic rings. The zero-order valence-electron chi connectivity index (χ0n) is 13.9. The number of aryl methyl sites for hydroxylation is 1. The highest BCUT2D eigenvalue weighted by atomic mass is 35.5. The summed E-state index contributed by atoms with van der Waals surface area (Å²) in [6.07, 6.45) is 1.54. The highest BCUT2D eigenvalue weighted by molar-refractivity contribution is 7.98. The number of hydrazone groups is 1. The number of hydrogen-bond acceptors (Lipinski definition) is 6. The Bertz CT molecular complexity index is 924. The third-order valence-electron chi connectivity index (χ3n) is 3.50. The highest BCUT2D eigenvalue weighted by Gasteiger charge is 2.10. The van der Waals surface area contributed by atoms with Crippen molar-refractivity contribution in [2.45, 2.75) is 17.8 Å². The molecule has 0 bridgehead atoms. The van der Waals surface area contributed by atoms with Crippen LogP contribution in [0, 0.1) is 6.92 Å². The number of nitrogen functional groups attached to an aromatic ring is 1. The van der Waals surface area contributed by atoms with Gasteiger partial charge in [0.25, 0.3) is 5.95 Å². The van der Waals surface area contributed by atoms with Gasteiger partial charge in [0.15, 0.2) is 0 Å². The Balaban J connectivity index is 1.62. The highest BCUT2D eigenvalue weighted by Crippen LogP contribution is 2.24. The van der Waals surface area contributed by atoms with Crippen molar-refractivity contribution in [3.05, 3.63) is 69.2 Å². The molecule has 9 heteroatoms. The van der Waals surface area contributed by atoms with E-state index in [0.717, 1.165) is 5.75 Å². The van der Waals surface area contributed by atoms with Gasteiger partial charge in [0, 0.05) is 11.3 Å². The average Bonchev–Trinajstić information content (AvgIpc) is 2.98. The third kappa shape index (κ3) is 4.49. The molecule has 0 amide bonds. The molecule has 0 spiro atoms. The number of nitrogens with zero attached hydrogens (tertiary/aromatic N) is 4. The minimum absolute atomic E-state index is 0.325. The molecule has 6 nitrogen and oxygen atoms in total. The summed E-state index contributed by atoms with van der Waals surface area (Å²) in [4.78, 5) is 0. The van der Waals surface area contributed by atoms with E-state index < -0.39 is 0 Å². The zero-order valence-corrected chi connectivity index (χ0v) is 16.2. The van der Waals surface area contributed by atoms with Crippen molar-refractivity contribution in [3.8, 4) is 0 Å². The molecule has 0 radical (unpaired) electrons. The van der Waals surface area contributed by atoms with Crippen LogP contribution in [0.15, 0.2) is 52.7 Å². The molecular weight excluding hydrogens is 391 g/mol. The van der Waals surface area contributed by atoms with Crippen LogP contribution in [0.3, 0.4) is 0 Å². The van der Waals surface area contributed by atoms with Gasteiger partial charge in [-0.25, -0.2) is 10.1 Å². The topological polar surface area (TPSA) is 81.1 Å². The fraction of sp³-hybridized carbons (Fsp3) is 0.118. The van der Waals surface area contributed by atoms with E-state index in [9.17, 15) is 0 Å². The van der Waals surface area contributed by atoms with Crippen LogP contribution >= 0.6 is 35.0 Å². The van der Waals surface area contributed by atoms with E-state index in [2.05, 4.69) is 51.9 Å². The van der Waals surface area contributed by atoms with Crippen LogP contribution < -0.4 is 11.3 Å². The van der Waals surface area contributed by atoms with Crippen molar-refractivity contribution in [1.29, 1.82) is 0 Å². The van der Waals surface area contributed by atoms with E-state index in [0.29, 0.717) is 26.7 Å². The predicted octanol–water partition coefficient (Wildman–Crippen LogP) is 4.35. The number of halogens is 2. The predicted molar refractivity (Wildman–Crippen MR) is 109 cm³/mol. The summed E-state index contributed by atoms with van der Waals surface area (Å²) in [6, 6.07) is 13.6. The lowest BCUT2D eigenvalue weighted by Gasteiger charge is -2.04. The monoisotopic (exact) mass is 406 g/mol. The van der Waals surface area contributed by atoms with Crippen molar-refractivity contribution in [1.82, 2.24) is 14.9 Å². The Kier molecular flexibility index (Phi) is 6.03. The van der Waals surface area contributed by atoms with Crippen LogP contribution in [-0.2, 0) is 5.75 Å². The van der Waals surface area contributed by atoms with Crippen molar-refractivity contribution in [2.24, 2.45) is 5.10 Å². The van der Waals surface area contributed by atoms with Crippen LogP contribution in [0.4, 0.5) is 5.95 Å². The first-order chi connectivity index (χ1) is 12.5. The minimum atomic E-state index is 0.325. The molecule has 0 fully saturated rings. The van der Waals surface area contributed by atoms with Crippen LogP contribution in [0.5, 0.6) is 0 Å². The number of anilines is 1. The van der Waals surface area contributed by atoms with E-state index >= 15 is 0 Å². The lowest BCUT2D eigenvalue weighted by atomic mass is 10.2. The summed E-state index contributed by atoms with van der Waals surface area (Å²) in [6.45, 7) is 2.06. The molecular formula is C17H16Cl2N6S. The Hall–Kier alpha value is -2.22. The maximum Gasteiger partial charge on any atom is 0.264 e. The van der Waals surface area contributed by atoms with Crippen LogP contribution in [-0.4, -0.2) is 21.1 Å². The Morgan fingerprint density at radius 2 is 1.96 bits per heavy atom. The second-order valence-electron chi connectivity index (χ2n) is 5.46. The molecule has 3 rings (SSSR count). The fourth-order valence-corrected chi connectivity index (χ4v) is 3.23. The van der Waals surface area contributed by atoms with Gasteiger partial charge in [-0.15, -0.1) is 10.2 Å². The zero-order chi connectivity index (χ0) is 18.5. The maximum atomic E-state index is 6.11. The summed E-state index contributed by atoms with van der Waals surface area (Å²) in [5.41, 5.74) is 5.85. The molecule has 3 N–H and O–H groups in total. The lowest BCUT2D eigenvalue weighted by Crippen LogP contribution is -2.13. The SMILES string of the molecule is Cc1ccc(CSc2nnc(N/N=C/c3cccc(Cl)c3Cl)n2N)cc1. The van der Waals surface area contributed by atoms with Crippen LogP contribution in [0.25, 0.3) is 0 Å². The van der Waals surface area contributed by atoms with Gasteiger partial charge in [-0.3, -0.25) is 0 Å². The standard InChI is InChI=1S/C17H16Cl2N6S/c1-11-5-7-12(8-6-11)10-26-17-24-23-16(25(17)20)22-21-9-13-3-2-4-14(18)15(13)19/h2-9H,10,20H2,1H3,(H,22,23)/b21-9+. The second kappa shape index (κ2) is 8.44. The summed E-state index contributed by atoms with van der Waals surface area (Å²) < 4.78 is 1.36. The largest absolute Gasteiger partial charge is 0.334 e. The number of aromatic nitrogens is 3. The molecule has 1 heterocycles. The maximum absolute atomic E-state index is 6.11. The summed E-state index contributed by atoms with van der Waals surface area (Å²) in [5.74, 6) is 7.08. The Labute approximate surface area is 165 Å². The van der Waals surface area contributed by atoms with E-state index in [4.69, 9.17) is 29.0 Å². The Morgan fingerprint density at radius 1 is 1.19 bits per heavy atom. The summed E-state index contributed by atoms with van der Waals surface area (Å²) >= 11 is 13.6. The van der Waals surface area contributed by atoms with E-state index in [1.807, 2.05) is 0 Å². The van der Waals surface area contributed by atoms with Crippen LogP contribution in [0.2, 0.25) is 10.0 Å². The molecule has 0 saturated carbocycles. The molecule has 0 aliphatic heterocycles. The van der Waals surface area contributed by atoms with Crippen molar-refractivity contribution in [2.75, 3.05) is 11.3 Å². The van der Waals surface area contributed by atoms with Crippen LogP contribution in [0.1, 0.15) is 16.7 Å². The fourth-order valence-electron chi connectivity index (χ4n) is 2.06. The summed E-state index contributed by atoms with van der Waals surface area (Å²) in [5, 5.41) is 13.6. The van der Waals surface area contributed by atoms with E-state index in [-0.39, 0.29) is 0 Å². The van der Waals surface area contributed by atoms with Crippen molar-refractivity contribution in [3.63, 3.8) is 0 Å². The number of rotatable bonds is 6. The number of hydrogen-bond donors (Lipinski definition) is 2. The second-order valence-corrected chi connectivity index (χ2v) is 7.19. The number of nitrogens with one attached hydrogen (secondary N) is 1.